The van der Waals surface area contributed by atoms with Crippen LogP contribution in [0.25, 0.3) is 6.08 Å². The van der Waals surface area contributed by atoms with Gasteiger partial charge in [-0.2, -0.15) is 0 Å². The van der Waals surface area contributed by atoms with Crippen molar-refractivity contribution in [2.75, 3.05) is 25.6 Å². The van der Waals surface area contributed by atoms with Crippen LogP contribution < -0.4 is 19.5 Å². The summed E-state index contributed by atoms with van der Waals surface area (Å²) in [6, 6.07) is 10.8. The fourth-order valence-electron chi connectivity index (χ4n) is 2.87. The first-order valence-electron chi connectivity index (χ1n) is 9.70. The van der Waals surface area contributed by atoms with E-state index < -0.39 is 18.0 Å². The molecule has 0 saturated carbocycles. The summed E-state index contributed by atoms with van der Waals surface area (Å²) in [5.41, 5.74) is 2.25. The highest BCUT2D eigenvalue weighted by molar-refractivity contribution is 5.97. The van der Waals surface area contributed by atoms with Gasteiger partial charge >= 0.3 is 5.97 Å². The maximum atomic E-state index is 12.4. The molecule has 0 bridgehead atoms. The van der Waals surface area contributed by atoms with E-state index >= 15 is 0 Å². The molecule has 7 heteroatoms. The fraction of sp³-hybridized carbons (Fsp3) is 0.304. The third-order valence-electron chi connectivity index (χ3n) is 4.46. The van der Waals surface area contributed by atoms with E-state index in [1.54, 1.807) is 30.3 Å². The van der Waals surface area contributed by atoms with Crippen molar-refractivity contribution in [1.82, 2.24) is 0 Å². The summed E-state index contributed by atoms with van der Waals surface area (Å²) in [6.45, 7) is 4.61. The number of carbonyl (C=O) groups is 2. The molecule has 1 N–H and O–H groups in total. The second-order valence-corrected chi connectivity index (χ2v) is 6.86. The predicted molar refractivity (Wildman–Crippen MR) is 113 cm³/mol. The van der Waals surface area contributed by atoms with Gasteiger partial charge in [-0.1, -0.05) is 12.1 Å². The summed E-state index contributed by atoms with van der Waals surface area (Å²) in [5, 5.41) is 2.73. The quantitative estimate of drug-likeness (QED) is 0.576. The van der Waals surface area contributed by atoms with Crippen molar-refractivity contribution < 1.29 is 28.5 Å². The van der Waals surface area contributed by atoms with E-state index in [1.165, 1.54) is 20.1 Å². The minimum atomic E-state index is -0.976. The largest absolute Gasteiger partial charge is 0.495 e. The zero-order chi connectivity index (χ0) is 21.5. The first-order valence-corrected chi connectivity index (χ1v) is 9.70. The summed E-state index contributed by atoms with van der Waals surface area (Å²) in [6.07, 6.45) is 2.72. The van der Waals surface area contributed by atoms with E-state index in [9.17, 15) is 9.59 Å². The lowest BCUT2D eigenvalue weighted by Gasteiger charge is -2.15. The van der Waals surface area contributed by atoms with Gasteiger partial charge in [0.05, 0.1) is 26.0 Å². The molecule has 30 heavy (non-hydrogen) atoms. The van der Waals surface area contributed by atoms with E-state index in [1.807, 2.05) is 19.1 Å². The van der Waals surface area contributed by atoms with Gasteiger partial charge in [0.2, 0.25) is 0 Å². The van der Waals surface area contributed by atoms with Gasteiger partial charge in [0.15, 0.2) is 17.6 Å². The Morgan fingerprint density at radius 3 is 2.63 bits per heavy atom. The van der Waals surface area contributed by atoms with E-state index in [0.29, 0.717) is 36.1 Å². The molecule has 1 aliphatic rings. The third kappa shape index (κ3) is 5.53. The Labute approximate surface area is 175 Å². The van der Waals surface area contributed by atoms with Crippen LogP contribution in [0.3, 0.4) is 0 Å². The van der Waals surface area contributed by atoms with Crippen molar-refractivity contribution in [3.05, 3.63) is 53.6 Å². The van der Waals surface area contributed by atoms with Crippen molar-refractivity contribution in [3.8, 4) is 17.2 Å². The number of hydrogen-bond acceptors (Lipinski definition) is 6. The third-order valence-corrected chi connectivity index (χ3v) is 4.46. The fourth-order valence-corrected chi connectivity index (χ4v) is 2.87. The van der Waals surface area contributed by atoms with Gasteiger partial charge in [-0.15, -0.1) is 0 Å². The van der Waals surface area contributed by atoms with Gasteiger partial charge in [-0.05, 0) is 55.3 Å². The number of rotatable bonds is 6. The topological polar surface area (TPSA) is 83.1 Å². The molecule has 0 aromatic heterocycles. The first kappa shape index (κ1) is 21.2. The summed E-state index contributed by atoms with van der Waals surface area (Å²) in [4.78, 5) is 24.5. The zero-order valence-corrected chi connectivity index (χ0v) is 17.3. The van der Waals surface area contributed by atoms with Gasteiger partial charge in [-0.3, -0.25) is 4.79 Å². The van der Waals surface area contributed by atoms with Crippen molar-refractivity contribution in [2.45, 2.75) is 26.4 Å². The molecule has 1 aliphatic heterocycles. The van der Waals surface area contributed by atoms with Crippen molar-refractivity contribution >= 4 is 23.6 Å². The molecule has 0 saturated heterocycles. The summed E-state index contributed by atoms with van der Waals surface area (Å²) < 4.78 is 21.7. The van der Waals surface area contributed by atoms with E-state index in [-0.39, 0.29) is 0 Å². The number of anilines is 1. The normalized spacial score (nSPS) is 14.0. The minimum Gasteiger partial charge on any atom is -0.495 e. The number of nitrogens with one attached hydrogen (secondary N) is 1. The standard InChI is InChI=1S/C23H25NO6/c1-15-5-8-19(27-3)18(13-15)24-23(26)16(2)30-22(25)10-7-17-6-9-20-21(14-17)29-12-4-11-28-20/h5-10,13-14,16H,4,11-12H2,1-3H3,(H,24,26)/b10-7+/t16-/m1/s1. The molecule has 7 nitrogen and oxygen atoms in total. The summed E-state index contributed by atoms with van der Waals surface area (Å²) in [5.74, 6) is 0.783. The van der Waals surface area contributed by atoms with E-state index in [4.69, 9.17) is 18.9 Å². The van der Waals surface area contributed by atoms with E-state index in [0.717, 1.165) is 17.5 Å². The number of fused-ring (bicyclic) bond motifs is 1. The van der Waals surface area contributed by atoms with Crippen LogP contribution in [-0.2, 0) is 14.3 Å². The zero-order valence-electron chi connectivity index (χ0n) is 17.3. The molecular formula is C23H25NO6. The number of amides is 1. The van der Waals surface area contributed by atoms with Crippen LogP contribution in [0.4, 0.5) is 5.69 Å². The van der Waals surface area contributed by atoms with Gasteiger partial charge < -0.3 is 24.3 Å². The lowest BCUT2D eigenvalue weighted by atomic mass is 10.2. The Balaban J connectivity index is 1.58. The number of benzene rings is 2. The molecular weight excluding hydrogens is 386 g/mol. The molecule has 0 fully saturated rings. The number of esters is 1. The van der Waals surface area contributed by atoms with Crippen LogP contribution in [0.5, 0.6) is 17.2 Å². The van der Waals surface area contributed by atoms with Crippen molar-refractivity contribution in [2.24, 2.45) is 0 Å². The molecule has 2 aromatic carbocycles. The highest BCUT2D eigenvalue weighted by Crippen LogP contribution is 2.30. The number of ether oxygens (including phenoxy) is 4. The van der Waals surface area contributed by atoms with Crippen LogP contribution in [-0.4, -0.2) is 38.3 Å². The SMILES string of the molecule is COc1ccc(C)cc1NC(=O)[C@@H](C)OC(=O)/C=C/c1ccc2c(c1)OCCCO2. The van der Waals surface area contributed by atoms with Crippen molar-refractivity contribution in [3.63, 3.8) is 0 Å². The molecule has 0 radical (unpaired) electrons. The van der Waals surface area contributed by atoms with Crippen LogP contribution in [0.15, 0.2) is 42.5 Å². The Morgan fingerprint density at radius 2 is 1.87 bits per heavy atom. The maximum absolute atomic E-state index is 12.4. The summed E-state index contributed by atoms with van der Waals surface area (Å²) >= 11 is 0. The highest BCUT2D eigenvalue weighted by Gasteiger charge is 2.18. The number of aryl methyl sites for hydroxylation is 1. The smallest absolute Gasteiger partial charge is 0.331 e. The predicted octanol–water partition coefficient (Wildman–Crippen LogP) is 3.75. The lowest BCUT2D eigenvalue weighted by molar-refractivity contribution is -0.148. The van der Waals surface area contributed by atoms with Crippen LogP contribution in [0, 0.1) is 6.92 Å². The Hall–Kier alpha value is -3.48. The molecule has 0 unspecified atom stereocenters. The number of hydrogen-bond donors (Lipinski definition) is 1. The molecule has 1 heterocycles. The number of carbonyl (C=O) groups excluding carboxylic acids is 2. The second kappa shape index (κ2) is 9.82. The molecule has 0 spiro atoms. The van der Waals surface area contributed by atoms with Crippen LogP contribution in [0.2, 0.25) is 0 Å². The average Bonchev–Trinajstić information content (AvgIpc) is 2.97. The summed E-state index contributed by atoms with van der Waals surface area (Å²) in [7, 11) is 1.52. The lowest BCUT2D eigenvalue weighted by Crippen LogP contribution is -2.29. The molecule has 3 rings (SSSR count). The molecule has 0 aliphatic carbocycles. The Bertz CT molecular complexity index is 953. The molecule has 1 amide bonds. The number of methoxy groups -OCH3 is 1. The molecule has 1 atom stereocenters. The van der Waals surface area contributed by atoms with Gasteiger partial charge in [0.1, 0.15) is 5.75 Å². The van der Waals surface area contributed by atoms with Gasteiger partial charge in [0, 0.05) is 12.5 Å². The van der Waals surface area contributed by atoms with Gasteiger partial charge in [0.25, 0.3) is 5.91 Å². The van der Waals surface area contributed by atoms with Crippen molar-refractivity contribution in [1.29, 1.82) is 0 Å². The minimum absolute atomic E-state index is 0.448. The average molecular weight is 411 g/mol. The Kier molecular flexibility index (Phi) is 6.95. The Morgan fingerprint density at radius 1 is 1.10 bits per heavy atom. The molecule has 2 aromatic rings. The second-order valence-electron chi connectivity index (χ2n) is 6.86. The molecule has 158 valence electrons. The van der Waals surface area contributed by atoms with Gasteiger partial charge in [-0.25, -0.2) is 4.79 Å². The monoisotopic (exact) mass is 411 g/mol. The van der Waals surface area contributed by atoms with Crippen LogP contribution >= 0.6 is 0 Å². The maximum Gasteiger partial charge on any atom is 0.331 e. The van der Waals surface area contributed by atoms with E-state index in [2.05, 4.69) is 5.32 Å². The first-order chi connectivity index (χ1) is 14.5. The highest BCUT2D eigenvalue weighted by atomic mass is 16.5. The van der Waals surface area contributed by atoms with Crippen LogP contribution in [0.1, 0.15) is 24.5 Å².